The molecule has 1 atom stereocenters. The van der Waals surface area contributed by atoms with E-state index in [1.54, 1.807) is 0 Å². The third kappa shape index (κ3) is 4.83. The van der Waals surface area contributed by atoms with E-state index in [2.05, 4.69) is 25.2 Å². The second-order valence-electron chi connectivity index (χ2n) is 6.58. The van der Waals surface area contributed by atoms with E-state index in [1.807, 2.05) is 36.4 Å². The quantitative estimate of drug-likeness (QED) is 0.871. The lowest BCUT2D eigenvalue weighted by molar-refractivity contribution is 0.0857. The molecule has 2 aromatic rings. The highest BCUT2D eigenvalue weighted by Crippen LogP contribution is 2.18. The molecule has 0 unspecified atom stereocenters. The van der Waals surface area contributed by atoms with Crippen molar-refractivity contribution in [2.24, 2.45) is 0 Å². The Labute approximate surface area is 149 Å². The van der Waals surface area contributed by atoms with Gasteiger partial charge in [0.2, 0.25) is 0 Å². The standard InChI is InChI=1S/C21H25NO3/c1-15-5-10-19(12-16(15)2)25-14-17-6-8-18(9-7-17)21(23)22-13-20-4-3-11-24-20/h5-10,12,20H,3-4,11,13-14H2,1-2H3,(H,22,23)/t20-/m0/s1. The monoisotopic (exact) mass is 339 g/mol. The SMILES string of the molecule is Cc1ccc(OCc2ccc(C(=O)NC[C@@H]3CCCO3)cc2)cc1C. The lowest BCUT2D eigenvalue weighted by Crippen LogP contribution is -2.31. The summed E-state index contributed by atoms with van der Waals surface area (Å²) in [6.07, 6.45) is 2.26. The van der Waals surface area contributed by atoms with Crippen molar-refractivity contribution >= 4 is 5.91 Å². The minimum Gasteiger partial charge on any atom is -0.489 e. The van der Waals surface area contributed by atoms with Crippen molar-refractivity contribution in [1.82, 2.24) is 5.32 Å². The Bertz CT molecular complexity index is 718. The van der Waals surface area contributed by atoms with Crippen LogP contribution in [0.25, 0.3) is 0 Å². The first-order valence-electron chi connectivity index (χ1n) is 8.80. The maximum atomic E-state index is 12.2. The summed E-state index contributed by atoms with van der Waals surface area (Å²) < 4.78 is 11.3. The van der Waals surface area contributed by atoms with Crippen LogP contribution in [0, 0.1) is 13.8 Å². The fourth-order valence-electron chi connectivity index (χ4n) is 2.84. The van der Waals surface area contributed by atoms with Crippen LogP contribution in [0.3, 0.4) is 0 Å². The molecule has 0 aliphatic carbocycles. The van der Waals surface area contributed by atoms with Crippen LogP contribution >= 0.6 is 0 Å². The molecule has 4 heteroatoms. The molecule has 2 aromatic carbocycles. The maximum absolute atomic E-state index is 12.2. The van der Waals surface area contributed by atoms with Crippen molar-refractivity contribution < 1.29 is 14.3 Å². The third-order valence-corrected chi connectivity index (χ3v) is 4.61. The summed E-state index contributed by atoms with van der Waals surface area (Å²) in [7, 11) is 0. The van der Waals surface area contributed by atoms with Crippen LogP contribution in [0.5, 0.6) is 5.75 Å². The molecule has 0 bridgehead atoms. The van der Waals surface area contributed by atoms with Gasteiger partial charge in [-0.15, -0.1) is 0 Å². The minimum absolute atomic E-state index is 0.0582. The summed E-state index contributed by atoms with van der Waals surface area (Å²) >= 11 is 0. The minimum atomic E-state index is -0.0582. The van der Waals surface area contributed by atoms with Gasteiger partial charge >= 0.3 is 0 Å². The van der Waals surface area contributed by atoms with E-state index < -0.39 is 0 Å². The molecule has 1 fully saturated rings. The summed E-state index contributed by atoms with van der Waals surface area (Å²) in [6, 6.07) is 13.6. The Morgan fingerprint density at radius 1 is 1.16 bits per heavy atom. The normalized spacial score (nSPS) is 16.6. The van der Waals surface area contributed by atoms with Gasteiger partial charge in [0, 0.05) is 18.7 Å². The van der Waals surface area contributed by atoms with E-state index in [0.29, 0.717) is 18.7 Å². The van der Waals surface area contributed by atoms with Gasteiger partial charge in [-0.3, -0.25) is 4.79 Å². The van der Waals surface area contributed by atoms with Crippen LogP contribution in [-0.2, 0) is 11.3 Å². The number of nitrogens with one attached hydrogen (secondary N) is 1. The number of aryl methyl sites for hydroxylation is 2. The fraction of sp³-hybridized carbons (Fsp3) is 0.381. The number of hydrogen-bond acceptors (Lipinski definition) is 3. The Balaban J connectivity index is 1.50. The number of amides is 1. The van der Waals surface area contributed by atoms with E-state index >= 15 is 0 Å². The average Bonchev–Trinajstić information content (AvgIpc) is 3.15. The zero-order chi connectivity index (χ0) is 17.6. The van der Waals surface area contributed by atoms with Gasteiger partial charge in [-0.05, 0) is 67.6 Å². The predicted octanol–water partition coefficient (Wildman–Crippen LogP) is 3.79. The molecule has 132 valence electrons. The first-order valence-corrected chi connectivity index (χ1v) is 8.80. The average molecular weight is 339 g/mol. The van der Waals surface area contributed by atoms with Crippen LogP contribution in [0.4, 0.5) is 0 Å². The number of ether oxygens (including phenoxy) is 2. The summed E-state index contributed by atoms with van der Waals surface area (Å²) in [6.45, 7) is 6.03. The largest absolute Gasteiger partial charge is 0.489 e. The van der Waals surface area contributed by atoms with Crippen LogP contribution in [-0.4, -0.2) is 25.2 Å². The number of benzene rings is 2. The van der Waals surface area contributed by atoms with Crippen molar-refractivity contribution in [3.63, 3.8) is 0 Å². The van der Waals surface area contributed by atoms with Crippen molar-refractivity contribution in [1.29, 1.82) is 0 Å². The molecule has 25 heavy (non-hydrogen) atoms. The number of rotatable bonds is 6. The number of carbonyl (C=O) groups is 1. The van der Waals surface area contributed by atoms with E-state index in [0.717, 1.165) is 30.8 Å². The van der Waals surface area contributed by atoms with Gasteiger partial charge in [0.15, 0.2) is 0 Å². The van der Waals surface area contributed by atoms with E-state index in [1.165, 1.54) is 11.1 Å². The second-order valence-corrected chi connectivity index (χ2v) is 6.58. The molecule has 1 saturated heterocycles. The van der Waals surface area contributed by atoms with Crippen LogP contribution < -0.4 is 10.1 Å². The Hall–Kier alpha value is -2.33. The maximum Gasteiger partial charge on any atom is 0.251 e. The zero-order valence-corrected chi connectivity index (χ0v) is 14.9. The van der Waals surface area contributed by atoms with Gasteiger partial charge in [-0.25, -0.2) is 0 Å². The molecular weight excluding hydrogens is 314 g/mol. The Morgan fingerprint density at radius 3 is 2.64 bits per heavy atom. The number of carbonyl (C=O) groups excluding carboxylic acids is 1. The summed E-state index contributed by atoms with van der Waals surface area (Å²) in [5.74, 6) is 0.804. The highest BCUT2D eigenvalue weighted by molar-refractivity contribution is 5.94. The molecule has 1 heterocycles. The van der Waals surface area contributed by atoms with Gasteiger partial charge in [0.1, 0.15) is 12.4 Å². The highest BCUT2D eigenvalue weighted by Gasteiger charge is 2.16. The summed E-state index contributed by atoms with van der Waals surface area (Å²) in [5.41, 5.74) is 4.17. The molecule has 4 nitrogen and oxygen atoms in total. The first kappa shape index (κ1) is 17.5. The van der Waals surface area contributed by atoms with Crippen molar-refractivity contribution in [3.05, 3.63) is 64.7 Å². The third-order valence-electron chi connectivity index (χ3n) is 4.61. The van der Waals surface area contributed by atoms with E-state index in [9.17, 15) is 4.79 Å². The Morgan fingerprint density at radius 2 is 1.96 bits per heavy atom. The van der Waals surface area contributed by atoms with Crippen LogP contribution in [0.1, 0.15) is 39.9 Å². The molecule has 3 rings (SSSR count). The van der Waals surface area contributed by atoms with Gasteiger partial charge in [0.25, 0.3) is 5.91 Å². The molecule has 1 aliphatic rings. The predicted molar refractivity (Wildman–Crippen MR) is 98.0 cm³/mol. The highest BCUT2D eigenvalue weighted by atomic mass is 16.5. The van der Waals surface area contributed by atoms with Gasteiger partial charge in [-0.2, -0.15) is 0 Å². The molecule has 0 radical (unpaired) electrons. The summed E-state index contributed by atoms with van der Waals surface area (Å²) in [5, 5.41) is 2.93. The van der Waals surface area contributed by atoms with Crippen LogP contribution in [0.15, 0.2) is 42.5 Å². The fourth-order valence-corrected chi connectivity index (χ4v) is 2.84. The van der Waals surface area contributed by atoms with Crippen molar-refractivity contribution in [3.8, 4) is 5.75 Å². The van der Waals surface area contributed by atoms with Crippen molar-refractivity contribution in [2.75, 3.05) is 13.2 Å². The first-order chi connectivity index (χ1) is 12.1. The zero-order valence-electron chi connectivity index (χ0n) is 14.9. The second kappa shape index (κ2) is 8.17. The smallest absolute Gasteiger partial charge is 0.251 e. The summed E-state index contributed by atoms with van der Waals surface area (Å²) in [4.78, 5) is 12.2. The molecule has 1 amide bonds. The topological polar surface area (TPSA) is 47.6 Å². The van der Waals surface area contributed by atoms with Gasteiger partial charge in [0.05, 0.1) is 6.10 Å². The molecule has 1 aliphatic heterocycles. The van der Waals surface area contributed by atoms with Crippen molar-refractivity contribution in [2.45, 2.75) is 39.4 Å². The lowest BCUT2D eigenvalue weighted by atomic mass is 10.1. The number of hydrogen-bond donors (Lipinski definition) is 1. The van der Waals surface area contributed by atoms with Crippen LogP contribution in [0.2, 0.25) is 0 Å². The van der Waals surface area contributed by atoms with E-state index in [4.69, 9.17) is 9.47 Å². The molecule has 0 aromatic heterocycles. The van der Waals surface area contributed by atoms with E-state index in [-0.39, 0.29) is 12.0 Å². The molecule has 0 spiro atoms. The molecular formula is C21H25NO3. The molecule has 0 saturated carbocycles. The Kier molecular flexibility index (Phi) is 5.71. The van der Waals surface area contributed by atoms with Gasteiger partial charge in [-0.1, -0.05) is 18.2 Å². The van der Waals surface area contributed by atoms with Gasteiger partial charge < -0.3 is 14.8 Å². The lowest BCUT2D eigenvalue weighted by Gasteiger charge is -2.11. The molecule has 1 N–H and O–H groups in total.